The summed E-state index contributed by atoms with van der Waals surface area (Å²) >= 11 is 0. The molecule has 124 valence electrons. The zero-order valence-corrected chi connectivity index (χ0v) is 15.2. The molecular weight excluding hydrogens is 410 g/mol. The molecule has 0 fully saturated rings. The van der Waals surface area contributed by atoms with Gasteiger partial charge in [-0.15, -0.1) is 24.0 Å². The second-order valence-corrected chi connectivity index (χ2v) is 4.48. The number of guanidine groups is 1. The molecule has 2 rings (SSSR count). The number of hydrogen-bond acceptors (Lipinski definition) is 3. The van der Waals surface area contributed by atoms with Crippen LogP contribution in [0.5, 0.6) is 5.75 Å². The maximum absolute atomic E-state index is 13.5. The van der Waals surface area contributed by atoms with Crippen LogP contribution in [-0.4, -0.2) is 31.1 Å². The van der Waals surface area contributed by atoms with E-state index in [0.29, 0.717) is 31.2 Å². The molecule has 1 heterocycles. The average molecular weight is 430 g/mol. The smallest absolute Gasteiger partial charge is 0.191 e. The highest BCUT2D eigenvalue weighted by Crippen LogP contribution is 2.06. The molecule has 0 radical (unpaired) electrons. The van der Waals surface area contributed by atoms with Gasteiger partial charge in [-0.25, -0.2) is 4.39 Å². The lowest BCUT2D eigenvalue weighted by Crippen LogP contribution is -2.39. The molecular formula is C16H20FIN4O. The maximum Gasteiger partial charge on any atom is 0.191 e. The Morgan fingerprint density at radius 1 is 1.22 bits per heavy atom. The molecule has 0 aliphatic heterocycles. The van der Waals surface area contributed by atoms with Crippen molar-refractivity contribution >= 4 is 29.9 Å². The van der Waals surface area contributed by atoms with Crippen molar-refractivity contribution in [2.45, 2.75) is 6.54 Å². The first-order chi connectivity index (χ1) is 10.8. The van der Waals surface area contributed by atoms with Crippen molar-refractivity contribution in [2.75, 3.05) is 20.2 Å². The fraction of sp³-hybridized carbons (Fsp3) is 0.250. The van der Waals surface area contributed by atoms with Gasteiger partial charge >= 0.3 is 0 Å². The van der Waals surface area contributed by atoms with Gasteiger partial charge in [0.1, 0.15) is 18.2 Å². The number of benzene rings is 1. The summed E-state index contributed by atoms with van der Waals surface area (Å²) in [6.45, 7) is 1.42. The van der Waals surface area contributed by atoms with Crippen LogP contribution in [0.4, 0.5) is 4.39 Å². The van der Waals surface area contributed by atoms with Crippen LogP contribution in [0.1, 0.15) is 5.56 Å². The molecule has 0 amide bonds. The van der Waals surface area contributed by atoms with Crippen LogP contribution in [-0.2, 0) is 6.54 Å². The number of halogens is 2. The summed E-state index contributed by atoms with van der Waals surface area (Å²) in [5, 5.41) is 6.16. The number of nitrogens with one attached hydrogen (secondary N) is 2. The second-order valence-electron chi connectivity index (χ2n) is 4.48. The summed E-state index contributed by atoms with van der Waals surface area (Å²) in [6, 6.07) is 10.3. The molecule has 23 heavy (non-hydrogen) atoms. The third kappa shape index (κ3) is 6.81. The van der Waals surface area contributed by atoms with Gasteiger partial charge in [-0.1, -0.05) is 18.2 Å². The summed E-state index contributed by atoms with van der Waals surface area (Å²) < 4.78 is 19.0. The van der Waals surface area contributed by atoms with Gasteiger partial charge in [0.25, 0.3) is 0 Å². The van der Waals surface area contributed by atoms with E-state index < -0.39 is 0 Å². The molecule has 5 nitrogen and oxygen atoms in total. The standard InChI is InChI=1S/C16H19FN4O.HI/c1-18-16(21-11-13-5-2-3-7-15(13)17)20-9-10-22-14-6-4-8-19-12-14;/h2-8,12H,9-11H2,1H3,(H2,18,20,21);1H. The summed E-state index contributed by atoms with van der Waals surface area (Å²) in [4.78, 5) is 8.05. The molecule has 1 aromatic carbocycles. The van der Waals surface area contributed by atoms with Crippen molar-refractivity contribution in [1.29, 1.82) is 0 Å². The van der Waals surface area contributed by atoms with Crippen LogP contribution in [0, 0.1) is 5.82 Å². The van der Waals surface area contributed by atoms with E-state index in [1.165, 1.54) is 6.07 Å². The summed E-state index contributed by atoms with van der Waals surface area (Å²) in [5.41, 5.74) is 0.594. The molecule has 0 aliphatic rings. The minimum atomic E-state index is -0.231. The SMILES string of the molecule is CN=C(NCCOc1cccnc1)NCc1ccccc1F.I. The van der Waals surface area contributed by atoms with Gasteiger partial charge in [0, 0.05) is 25.4 Å². The number of hydrogen-bond donors (Lipinski definition) is 2. The van der Waals surface area contributed by atoms with Gasteiger partial charge in [0.2, 0.25) is 0 Å². The fourth-order valence-corrected chi connectivity index (χ4v) is 1.81. The summed E-state index contributed by atoms with van der Waals surface area (Å²) in [6.07, 6.45) is 3.35. The Morgan fingerprint density at radius 3 is 2.74 bits per heavy atom. The fourth-order valence-electron chi connectivity index (χ4n) is 1.81. The van der Waals surface area contributed by atoms with Crippen LogP contribution in [0.15, 0.2) is 53.8 Å². The number of pyridine rings is 1. The number of ether oxygens (including phenoxy) is 1. The van der Waals surface area contributed by atoms with Gasteiger partial charge < -0.3 is 15.4 Å². The van der Waals surface area contributed by atoms with Gasteiger partial charge in [-0.3, -0.25) is 9.98 Å². The Morgan fingerprint density at radius 2 is 2.04 bits per heavy atom. The first-order valence-corrected chi connectivity index (χ1v) is 7.00. The molecule has 0 spiro atoms. The molecule has 0 unspecified atom stereocenters. The quantitative estimate of drug-likeness (QED) is 0.320. The van der Waals surface area contributed by atoms with Crippen molar-refractivity contribution in [1.82, 2.24) is 15.6 Å². The summed E-state index contributed by atoms with van der Waals surface area (Å²) in [5.74, 6) is 1.09. The van der Waals surface area contributed by atoms with E-state index in [-0.39, 0.29) is 29.8 Å². The van der Waals surface area contributed by atoms with Gasteiger partial charge in [-0.05, 0) is 18.2 Å². The predicted octanol–water partition coefficient (Wildman–Crippen LogP) is 2.58. The molecule has 2 aromatic rings. The Kier molecular flexibility index (Phi) is 8.96. The zero-order chi connectivity index (χ0) is 15.6. The molecule has 2 N–H and O–H groups in total. The van der Waals surface area contributed by atoms with Crippen LogP contribution in [0.2, 0.25) is 0 Å². The number of aliphatic imine (C=N–C) groups is 1. The molecule has 7 heteroatoms. The predicted molar refractivity (Wildman–Crippen MR) is 99.7 cm³/mol. The third-order valence-electron chi connectivity index (χ3n) is 2.93. The molecule has 0 saturated carbocycles. The highest BCUT2D eigenvalue weighted by atomic mass is 127. The van der Waals surface area contributed by atoms with E-state index in [1.54, 1.807) is 37.6 Å². The third-order valence-corrected chi connectivity index (χ3v) is 2.93. The minimum Gasteiger partial charge on any atom is -0.490 e. The Labute approximate surface area is 152 Å². The first-order valence-electron chi connectivity index (χ1n) is 7.00. The molecule has 1 aromatic heterocycles. The van der Waals surface area contributed by atoms with E-state index in [9.17, 15) is 4.39 Å². The van der Waals surface area contributed by atoms with Crippen molar-refractivity contribution in [3.63, 3.8) is 0 Å². The first kappa shape index (κ1) is 19.1. The lowest BCUT2D eigenvalue weighted by molar-refractivity contribution is 0.320. The Bertz CT molecular complexity index is 610. The Balaban J connectivity index is 0.00000264. The number of nitrogens with zero attached hydrogens (tertiary/aromatic N) is 2. The van der Waals surface area contributed by atoms with Crippen LogP contribution >= 0.6 is 24.0 Å². The van der Waals surface area contributed by atoms with Crippen LogP contribution in [0.3, 0.4) is 0 Å². The summed E-state index contributed by atoms with van der Waals surface area (Å²) in [7, 11) is 1.67. The molecule has 0 saturated heterocycles. The largest absolute Gasteiger partial charge is 0.490 e. The Hall–Kier alpha value is -1.90. The molecule has 0 bridgehead atoms. The highest BCUT2D eigenvalue weighted by molar-refractivity contribution is 14.0. The van der Waals surface area contributed by atoms with E-state index in [2.05, 4.69) is 20.6 Å². The van der Waals surface area contributed by atoms with E-state index in [1.807, 2.05) is 12.1 Å². The number of rotatable bonds is 6. The average Bonchev–Trinajstić information content (AvgIpc) is 2.56. The van der Waals surface area contributed by atoms with Gasteiger partial charge in [-0.2, -0.15) is 0 Å². The van der Waals surface area contributed by atoms with Crippen molar-refractivity contribution in [3.8, 4) is 5.75 Å². The zero-order valence-electron chi connectivity index (χ0n) is 12.8. The van der Waals surface area contributed by atoms with Gasteiger partial charge in [0.15, 0.2) is 5.96 Å². The monoisotopic (exact) mass is 430 g/mol. The van der Waals surface area contributed by atoms with E-state index >= 15 is 0 Å². The van der Waals surface area contributed by atoms with Crippen molar-refractivity contribution in [3.05, 3.63) is 60.2 Å². The molecule has 0 atom stereocenters. The van der Waals surface area contributed by atoms with E-state index in [0.717, 1.165) is 5.75 Å². The van der Waals surface area contributed by atoms with Crippen molar-refractivity contribution < 1.29 is 9.13 Å². The lowest BCUT2D eigenvalue weighted by atomic mass is 10.2. The highest BCUT2D eigenvalue weighted by Gasteiger charge is 2.02. The van der Waals surface area contributed by atoms with Crippen LogP contribution in [0.25, 0.3) is 0 Å². The lowest BCUT2D eigenvalue weighted by Gasteiger charge is -2.12. The van der Waals surface area contributed by atoms with Gasteiger partial charge in [0.05, 0.1) is 12.7 Å². The molecule has 0 aliphatic carbocycles. The van der Waals surface area contributed by atoms with Crippen molar-refractivity contribution in [2.24, 2.45) is 4.99 Å². The minimum absolute atomic E-state index is 0. The van der Waals surface area contributed by atoms with Crippen LogP contribution < -0.4 is 15.4 Å². The maximum atomic E-state index is 13.5. The number of aromatic nitrogens is 1. The topological polar surface area (TPSA) is 58.5 Å². The normalized spacial score (nSPS) is 10.6. The second kappa shape index (κ2) is 10.8. The van der Waals surface area contributed by atoms with E-state index in [4.69, 9.17) is 4.74 Å².